The molecule has 0 radical (unpaired) electrons. The van der Waals surface area contributed by atoms with Gasteiger partial charge in [-0.05, 0) is 48.0 Å². The lowest BCUT2D eigenvalue weighted by atomic mass is 10.2. The van der Waals surface area contributed by atoms with Gasteiger partial charge in [0.25, 0.3) is 0 Å². The molecular weight excluding hydrogens is 334 g/mol. The molecule has 0 aliphatic heterocycles. The van der Waals surface area contributed by atoms with E-state index in [1.807, 2.05) is 60.7 Å². The fourth-order valence-electron chi connectivity index (χ4n) is 2.48. The fourth-order valence-corrected chi connectivity index (χ4v) is 2.68. The Kier molecular flexibility index (Phi) is 5.21. The first-order chi connectivity index (χ1) is 12.1. The maximum absolute atomic E-state index is 12.9. The first kappa shape index (κ1) is 16.9. The Morgan fingerprint density at radius 2 is 1.48 bits per heavy atom. The molecule has 0 saturated heterocycles. The van der Waals surface area contributed by atoms with Gasteiger partial charge < -0.3 is 11.1 Å². The normalized spacial score (nSPS) is 10.3. The Balaban J connectivity index is 1.85. The molecule has 0 atom stereocenters. The number of hydrogen-bond donors (Lipinski definition) is 2. The van der Waals surface area contributed by atoms with E-state index >= 15 is 0 Å². The van der Waals surface area contributed by atoms with E-state index in [0.717, 1.165) is 16.9 Å². The molecule has 0 saturated carbocycles. The molecule has 4 nitrogen and oxygen atoms in total. The van der Waals surface area contributed by atoms with E-state index in [2.05, 4.69) is 5.32 Å². The lowest BCUT2D eigenvalue weighted by Crippen LogP contribution is -2.36. The highest BCUT2D eigenvalue weighted by atomic mass is 35.5. The van der Waals surface area contributed by atoms with E-state index in [-0.39, 0.29) is 6.03 Å². The van der Waals surface area contributed by atoms with Crippen molar-refractivity contribution in [1.29, 1.82) is 0 Å². The number of halogens is 1. The zero-order valence-corrected chi connectivity index (χ0v) is 14.3. The fraction of sp³-hybridized carbons (Fsp3) is 0.0500. The molecule has 3 aromatic rings. The molecule has 0 fully saturated rings. The zero-order chi connectivity index (χ0) is 17.6. The summed E-state index contributed by atoms with van der Waals surface area (Å²) in [6.45, 7) is 0.344. The molecule has 5 heteroatoms. The maximum Gasteiger partial charge on any atom is 0.326 e. The molecule has 2 amide bonds. The number of benzene rings is 3. The summed E-state index contributed by atoms with van der Waals surface area (Å²) in [4.78, 5) is 14.5. The molecule has 0 heterocycles. The summed E-state index contributed by atoms with van der Waals surface area (Å²) in [6.07, 6.45) is 0. The van der Waals surface area contributed by atoms with Crippen LogP contribution in [0.15, 0.2) is 78.9 Å². The molecule has 0 aliphatic rings. The molecule has 3 rings (SSSR count). The SMILES string of the molecule is Nc1ccc(N(C(=O)NCc2ccccc2Cl)c2ccccc2)cc1. The first-order valence-electron chi connectivity index (χ1n) is 7.87. The van der Waals surface area contributed by atoms with Gasteiger partial charge in [-0.15, -0.1) is 0 Å². The number of nitrogens with one attached hydrogen (secondary N) is 1. The number of urea groups is 1. The van der Waals surface area contributed by atoms with Gasteiger partial charge in [0.1, 0.15) is 0 Å². The predicted molar refractivity (Wildman–Crippen MR) is 103 cm³/mol. The number of carbonyl (C=O) groups is 1. The first-order valence-corrected chi connectivity index (χ1v) is 8.25. The van der Waals surface area contributed by atoms with Crippen LogP contribution in [0.2, 0.25) is 5.02 Å². The van der Waals surface area contributed by atoms with Gasteiger partial charge >= 0.3 is 6.03 Å². The molecule has 0 bridgehead atoms. The van der Waals surface area contributed by atoms with Gasteiger partial charge in [0.15, 0.2) is 0 Å². The number of anilines is 3. The number of hydrogen-bond acceptors (Lipinski definition) is 2. The topological polar surface area (TPSA) is 58.4 Å². The molecule has 3 aromatic carbocycles. The average Bonchev–Trinajstić information content (AvgIpc) is 2.64. The van der Waals surface area contributed by atoms with E-state index in [4.69, 9.17) is 17.3 Å². The number of para-hydroxylation sites is 1. The van der Waals surface area contributed by atoms with Crippen LogP contribution in [-0.2, 0) is 6.54 Å². The third-order valence-electron chi connectivity index (χ3n) is 3.76. The molecule has 25 heavy (non-hydrogen) atoms. The van der Waals surface area contributed by atoms with Gasteiger partial charge in [0, 0.05) is 17.3 Å². The number of rotatable bonds is 4. The van der Waals surface area contributed by atoms with Crippen molar-refractivity contribution in [2.75, 3.05) is 10.6 Å². The molecule has 0 aromatic heterocycles. The van der Waals surface area contributed by atoms with Crippen LogP contribution < -0.4 is 16.0 Å². The van der Waals surface area contributed by atoms with E-state index < -0.39 is 0 Å². The van der Waals surface area contributed by atoms with Crippen LogP contribution in [0.1, 0.15) is 5.56 Å². The van der Waals surface area contributed by atoms with Crippen molar-refractivity contribution in [1.82, 2.24) is 5.32 Å². The predicted octanol–water partition coefficient (Wildman–Crippen LogP) is 4.97. The molecular formula is C20H18ClN3O. The minimum absolute atomic E-state index is 0.240. The number of nitrogens with two attached hydrogens (primary N) is 1. The second-order valence-electron chi connectivity index (χ2n) is 5.51. The summed E-state index contributed by atoms with van der Waals surface area (Å²) < 4.78 is 0. The third-order valence-corrected chi connectivity index (χ3v) is 4.13. The van der Waals surface area contributed by atoms with Crippen LogP contribution in [0.3, 0.4) is 0 Å². The quantitative estimate of drug-likeness (QED) is 0.652. The highest BCUT2D eigenvalue weighted by Crippen LogP contribution is 2.26. The molecule has 0 spiro atoms. The minimum Gasteiger partial charge on any atom is -0.399 e. The molecule has 3 N–H and O–H groups in total. The van der Waals surface area contributed by atoms with Crippen molar-refractivity contribution in [3.63, 3.8) is 0 Å². The maximum atomic E-state index is 12.9. The monoisotopic (exact) mass is 351 g/mol. The van der Waals surface area contributed by atoms with Gasteiger partial charge in [0.2, 0.25) is 0 Å². The Hall–Kier alpha value is -2.98. The molecule has 0 unspecified atom stereocenters. The van der Waals surface area contributed by atoms with Crippen molar-refractivity contribution in [3.8, 4) is 0 Å². The number of nitrogens with zero attached hydrogens (tertiary/aromatic N) is 1. The van der Waals surface area contributed by atoms with Gasteiger partial charge in [-0.1, -0.05) is 48.0 Å². The Labute approximate surface area is 151 Å². The summed E-state index contributed by atoms with van der Waals surface area (Å²) in [5.74, 6) is 0. The van der Waals surface area contributed by atoms with Crippen molar-refractivity contribution in [2.45, 2.75) is 6.54 Å². The Morgan fingerprint density at radius 1 is 0.880 bits per heavy atom. The van der Waals surface area contributed by atoms with Crippen molar-refractivity contribution in [3.05, 3.63) is 89.4 Å². The van der Waals surface area contributed by atoms with Gasteiger partial charge in [-0.25, -0.2) is 4.79 Å². The number of carbonyl (C=O) groups excluding carboxylic acids is 1. The van der Waals surface area contributed by atoms with E-state index in [1.54, 1.807) is 23.1 Å². The summed E-state index contributed by atoms with van der Waals surface area (Å²) in [6, 6.07) is 23.8. The standard InChI is InChI=1S/C20H18ClN3O/c21-19-9-5-4-6-15(19)14-23-20(25)24(17-7-2-1-3-8-17)18-12-10-16(22)11-13-18/h1-13H,14,22H2,(H,23,25). The zero-order valence-electron chi connectivity index (χ0n) is 13.5. The lowest BCUT2D eigenvalue weighted by Gasteiger charge is -2.23. The van der Waals surface area contributed by atoms with Crippen LogP contribution >= 0.6 is 11.6 Å². The number of nitrogen functional groups attached to an aromatic ring is 1. The smallest absolute Gasteiger partial charge is 0.326 e. The second-order valence-corrected chi connectivity index (χ2v) is 5.92. The highest BCUT2D eigenvalue weighted by Gasteiger charge is 2.17. The summed E-state index contributed by atoms with van der Waals surface area (Å²) >= 11 is 6.16. The van der Waals surface area contributed by atoms with Crippen LogP contribution in [0.4, 0.5) is 21.9 Å². The lowest BCUT2D eigenvalue weighted by molar-refractivity contribution is 0.248. The van der Waals surface area contributed by atoms with Crippen LogP contribution in [0, 0.1) is 0 Å². The van der Waals surface area contributed by atoms with Crippen molar-refractivity contribution in [2.24, 2.45) is 0 Å². The second kappa shape index (κ2) is 7.73. The number of amides is 2. The van der Waals surface area contributed by atoms with Crippen molar-refractivity contribution < 1.29 is 4.79 Å². The van der Waals surface area contributed by atoms with E-state index in [0.29, 0.717) is 17.3 Å². The molecule has 0 aliphatic carbocycles. The Morgan fingerprint density at radius 3 is 2.16 bits per heavy atom. The van der Waals surface area contributed by atoms with Crippen LogP contribution in [0.25, 0.3) is 0 Å². The average molecular weight is 352 g/mol. The van der Waals surface area contributed by atoms with Crippen LogP contribution in [-0.4, -0.2) is 6.03 Å². The van der Waals surface area contributed by atoms with Gasteiger partial charge in [-0.2, -0.15) is 0 Å². The van der Waals surface area contributed by atoms with Crippen molar-refractivity contribution >= 4 is 34.7 Å². The van der Waals surface area contributed by atoms with Crippen LogP contribution in [0.5, 0.6) is 0 Å². The molecule has 126 valence electrons. The summed E-state index contributed by atoms with van der Waals surface area (Å²) in [5, 5.41) is 3.55. The van der Waals surface area contributed by atoms with E-state index in [9.17, 15) is 4.79 Å². The van der Waals surface area contributed by atoms with E-state index in [1.165, 1.54) is 0 Å². The Bertz CT molecular complexity index is 850. The van der Waals surface area contributed by atoms with Gasteiger partial charge in [-0.3, -0.25) is 4.90 Å². The highest BCUT2D eigenvalue weighted by molar-refractivity contribution is 6.31. The largest absolute Gasteiger partial charge is 0.399 e. The summed E-state index contributed by atoms with van der Waals surface area (Å²) in [5.41, 5.74) is 8.77. The minimum atomic E-state index is -0.240. The van der Waals surface area contributed by atoms with Gasteiger partial charge in [0.05, 0.1) is 11.4 Å². The third kappa shape index (κ3) is 4.11. The summed E-state index contributed by atoms with van der Waals surface area (Å²) in [7, 11) is 0.